The Labute approximate surface area is 89.5 Å². The number of aromatic nitrogens is 1. The van der Waals surface area contributed by atoms with Gasteiger partial charge in [0.05, 0.1) is 0 Å². The van der Waals surface area contributed by atoms with E-state index in [4.69, 9.17) is 5.73 Å². The van der Waals surface area contributed by atoms with Crippen molar-refractivity contribution in [2.75, 3.05) is 0 Å². The Morgan fingerprint density at radius 2 is 2.13 bits per heavy atom. The van der Waals surface area contributed by atoms with Gasteiger partial charge in [-0.15, -0.1) is 0 Å². The van der Waals surface area contributed by atoms with Crippen molar-refractivity contribution in [2.24, 2.45) is 11.7 Å². The van der Waals surface area contributed by atoms with Crippen LogP contribution in [0, 0.1) is 5.92 Å². The average molecular weight is 200 g/mol. The van der Waals surface area contributed by atoms with Crippen molar-refractivity contribution in [1.82, 2.24) is 4.98 Å². The maximum atomic E-state index is 6.25. The van der Waals surface area contributed by atoms with Crippen LogP contribution in [0.2, 0.25) is 0 Å². The van der Waals surface area contributed by atoms with Crippen LogP contribution in [0.15, 0.2) is 30.5 Å². The number of H-pyrrole nitrogens is 1. The van der Waals surface area contributed by atoms with Crippen molar-refractivity contribution < 1.29 is 0 Å². The molecule has 0 radical (unpaired) electrons. The summed E-state index contributed by atoms with van der Waals surface area (Å²) in [5.74, 6) is 0.710. The monoisotopic (exact) mass is 200 g/mol. The van der Waals surface area contributed by atoms with Crippen LogP contribution in [0.4, 0.5) is 0 Å². The molecule has 0 unspecified atom stereocenters. The van der Waals surface area contributed by atoms with Gasteiger partial charge in [0, 0.05) is 17.8 Å². The summed E-state index contributed by atoms with van der Waals surface area (Å²) >= 11 is 0. The molecule has 1 heterocycles. The predicted octanol–water partition coefficient (Wildman–Crippen LogP) is 2.97. The maximum Gasteiger partial charge on any atom is 0.0454 e. The molecule has 3 N–H and O–H groups in total. The van der Waals surface area contributed by atoms with Gasteiger partial charge in [0.25, 0.3) is 0 Å². The summed E-state index contributed by atoms with van der Waals surface area (Å²) in [7, 11) is 0. The summed E-state index contributed by atoms with van der Waals surface area (Å²) in [6, 6.07) is 8.84. The second-order valence-corrected chi connectivity index (χ2v) is 4.54. The first-order valence-corrected chi connectivity index (χ1v) is 5.67. The Bertz CT molecular complexity index is 468. The fourth-order valence-corrected chi connectivity index (χ4v) is 2.35. The molecule has 1 aliphatic rings. The summed E-state index contributed by atoms with van der Waals surface area (Å²) in [4.78, 5) is 3.20. The van der Waals surface area contributed by atoms with Crippen LogP contribution in [0.1, 0.15) is 30.9 Å². The number of nitrogens with one attached hydrogen (secondary N) is 1. The summed E-state index contributed by atoms with van der Waals surface area (Å²) in [5.41, 5.74) is 8.73. The van der Waals surface area contributed by atoms with Gasteiger partial charge in [0.15, 0.2) is 0 Å². The fourth-order valence-electron chi connectivity index (χ4n) is 2.35. The molecule has 3 rings (SSSR count). The average Bonchev–Trinajstić information content (AvgIpc) is 2.61. The molecule has 78 valence electrons. The van der Waals surface area contributed by atoms with Crippen LogP contribution in [-0.2, 0) is 0 Å². The first-order chi connectivity index (χ1) is 7.34. The van der Waals surface area contributed by atoms with Crippen molar-refractivity contribution in [3.63, 3.8) is 0 Å². The third-order valence-electron chi connectivity index (χ3n) is 3.62. The van der Waals surface area contributed by atoms with E-state index in [0.717, 1.165) is 0 Å². The molecule has 0 amide bonds. The number of hydrogen-bond donors (Lipinski definition) is 2. The second-order valence-electron chi connectivity index (χ2n) is 4.54. The second kappa shape index (κ2) is 3.38. The number of nitrogens with two attached hydrogens (primary N) is 1. The number of benzene rings is 1. The molecule has 2 nitrogen and oxygen atoms in total. The lowest BCUT2D eigenvalue weighted by Gasteiger charge is -2.31. The van der Waals surface area contributed by atoms with Crippen LogP contribution in [-0.4, -0.2) is 4.98 Å². The van der Waals surface area contributed by atoms with E-state index in [9.17, 15) is 0 Å². The van der Waals surface area contributed by atoms with E-state index in [1.165, 1.54) is 35.7 Å². The molecule has 1 aromatic heterocycles. The number of hydrogen-bond acceptors (Lipinski definition) is 1. The number of rotatable bonds is 2. The van der Waals surface area contributed by atoms with E-state index in [-0.39, 0.29) is 6.04 Å². The molecule has 15 heavy (non-hydrogen) atoms. The molecular weight excluding hydrogens is 184 g/mol. The standard InChI is InChI=1S/C13H16N2/c14-13(9-2-1-3-9)11-4-5-12-10(8-11)6-7-15-12/h4-9,13,15H,1-3,14H2/t13-/m1/s1. The highest BCUT2D eigenvalue weighted by atomic mass is 14.7. The highest BCUT2D eigenvalue weighted by molar-refractivity contribution is 5.80. The molecule has 1 fully saturated rings. The zero-order chi connectivity index (χ0) is 10.3. The van der Waals surface area contributed by atoms with E-state index in [0.29, 0.717) is 5.92 Å². The normalized spacial score (nSPS) is 19.0. The topological polar surface area (TPSA) is 41.8 Å². The fraction of sp³-hybridized carbons (Fsp3) is 0.385. The zero-order valence-electron chi connectivity index (χ0n) is 8.74. The van der Waals surface area contributed by atoms with E-state index >= 15 is 0 Å². The predicted molar refractivity (Wildman–Crippen MR) is 62.6 cm³/mol. The van der Waals surface area contributed by atoms with Gasteiger partial charge in [-0.2, -0.15) is 0 Å². The third kappa shape index (κ3) is 1.45. The van der Waals surface area contributed by atoms with E-state index in [2.05, 4.69) is 29.2 Å². The Morgan fingerprint density at radius 1 is 1.27 bits per heavy atom. The van der Waals surface area contributed by atoms with Crippen molar-refractivity contribution in [2.45, 2.75) is 25.3 Å². The Kier molecular flexibility index (Phi) is 2.03. The van der Waals surface area contributed by atoms with Crippen LogP contribution >= 0.6 is 0 Å². The molecule has 0 bridgehead atoms. The Hall–Kier alpha value is -1.28. The zero-order valence-corrected chi connectivity index (χ0v) is 8.74. The smallest absolute Gasteiger partial charge is 0.0454 e. The van der Waals surface area contributed by atoms with Crippen molar-refractivity contribution >= 4 is 10.9 Å². The third-order valence-corrected chi connectivity index (χ3v) is 3.62. The van der Waals surface area contributed by atoms with Gasteiger partial charge >= 0.3 is 0 Å². The van der Waals surface area contributed by atoms with Crippen LogP contribution in [0.3, 0.4) is 0 Å². The van der Waals surface area contributed by atoms with Gasteiger partial charge in [-0.1, -0.05) is 12.5 Å². The minimum absolute atomic E-state index is 0.234. The molecule has 0 spiro atoms. The number of fused-ring (bicyclic) bond motifs is 1. The summed E-state index contributed by atoms with van der Waals surface area (Å²) < 4.78 is 0. The van der Waals surface area contributed by atoms with Gasteiger partial charge in [0.1, 0.15) is 0 Å². The minimum Gasteiger partial charge on any atom is -0.361 e. The van der Waals surface area contributed by atoms with E-state index in [1.54, 1.807) is 0 Å². The minimum atomic E-state index is 0.234. The summed E-state index contributed by atoms with van der Waals surface area (Å²) in [5, 5.41) is 1.27. The van der Waals surface area contributed by atoms with E-state index < -0.39 is 0 Å². The molecule has 2 aromatic rings. The van der Waals surface area contributed by atoms with Crippen molar-refractivity contribution in [1.29, 1.82) is 0 Å². The number of aromatic amines is 1. The molecule has 1 aliphatic carbocycles. The molecule has 1 aromatic carbocycles. The highest BCUT2D eigenvalue weighted by Gasteiger charge is 2.25. The molecule has 2 heteroatoms. The van der Waals surface area contributed by atoms with Gasteiger partial charge in [-0.3, -0.25) is 0 Å². The SMILES string of the molecule is N[C@@H](c1ccc2[nH]ccc2c1)C1CCC1. The first kappa shape index (κ1) is 8.98. The van der Waals surface area contributed by atoms with E-state index in [1.807, 2.05) is 6.20 Å². The lowest BCUT2D eigenvalue weighted by Crippen LogP contribution is -2.26. The largest absolute Gasteiger partial charge is 0.361 e. The maximum absolute atomic E-state index is 6.25. The lowest BCUT2D eigenvalue weighted by atomic mass is 9.77. The lowest BCUT2D eigenvalue weighted by molar-refractivity contribution is 0.264. The highest BCUT2D eigenvalue weighted by Crippen LogP contribution is 2.36. The molecule has 1 saturated carbocycles. The van der Waals surface area contributed by atoms with Gasteiger partial charge < -0.3 is 10.7 Å². The van der Waals surface area contributed by atoms with Crippen LogP contribution < -0.4 is 5.73 Å². The quantitative estimate of drug-likeness (QED) is 0.768. The van der Waals surface area contributed by atoms with Crippen LogP contribution in [0.25, 0.3) is 10.9 Å². The molecule has 1 atom stereocenters. The molecule has 0 saturated heterocycles. The van der Waals surface area contributed by atoms with Gasteiger partial charge in [0.2, 0.25) is 0 Å². The molecule has 0 aliphatic heterocycles. The Morgan fingerprint density at radius 3 is 2.87 bits per heavy atom. The van der Waals surface area contributed by atoms with Crippen molar-refractivity contribution in [3.8, 4) is 0 Å². The van der Waals surface area contributed by atoms with Crippen molar-refractivity contribution in [3.05, 3.63) is 36.0 Å². The summed E-state index contributed by atoms with van der Waals surface area (Å²) in [6.07, 6.45) is 5.92. The van der Waals surface area contributed by atoms with Crippen LogP contribution in [0.5, 0.6) is 0 Å². The van der Waals surface area contributed by atoms with Gasteiger partial charge in [-0.05, 0) is 47.9 Å². The van der Waals surface area contributed by atoms with Gasteiger partial charge in [-0.25, -0.2) is 0 Å². The first-order valence-electron chi connectivity index (χ1n) is 5.67. The molecular formula is C13H16N2. The Balaban J connectivity index is 1.95. The summed E-state index contributed by atoms with van der Waals surface area (Å²) in [6.45, 7) is 0.